The Bertz CT molecular complexity index is 819. The quantitative estimate of drug-likeness (QED) is 0.101. The average Bonchev–Trinajstić information content (AvgIpc) is 2.82. The second-order valence-electron chi connectivity index (χ2n) is 8.78. The highest BCUT2D eigenvalue weighted by molar-refractivity contribution is 5.84. The Morgan fingerprint density at radius 3 is 2.20 bits per heavy atom. The van der Waals surface area contributed by atoms with Gasteiger partial charge in [-0.2, -0.15) is 0 Å². The number of unbranched alkanes of at least 4 members (excludes halogenated alkanes) is 6. The molecule has 3 N–H and O–H groups in total. The molecule has 1 rings (SSSR count). The van der Waals surface area contributed by atoms with E-state index in [0.29, 0.717) is 12.0 Å². The summed E-state index contributed by atoms with van der Waals surface area (Å²) < 4.78 is 0. The van der Waals surface area contributed by atoms with Crippen molar-refractivity contribution in [2.45, 2.75) is 96.1 Å². The molecule has 0 bridgehead atoms. The summed E-state index contributed by atoms with van der Waals surface area (Å²) in [6, 6.07) is 3.77. The lowest BCUT2D eigenvalue weighted by molar-refractivity contribution is -0.522. The van der Waals surface area contributed by atoms with Crippen LogP contribution in [0.4, 0.5) is 0 Å². The molecule has 8 heteroatoms. The van der Waals surface area contributed by atoms with Crippen LogP contribution in [0.2, 0.25) is 0 Å². The molecule has 0 radical (unpaired) electrons. The smallest absolute Gasteiger partial charge is 0.326 e. The van der Waals surface area contributed by atoms with Gasteiger partial charge in [0.05, 0.1) is 6.42 Å². The van der Waals surface area contributed by atoms with E-state index in [-0.39, 0.29) is 25.0 Å². The highest BCUT2D eigenvalue weighted by Crippen LogP contribution is 2.14. The number of nitrogens with zero attached hydrogens (tertiary/aromatic N) is 1. The van der Waals surface area contributed by atoms with E-state index in [9.17, 15) is 29.9 Å². The minimum atomic E-state index is -1.22. The molecule has 194 valence electrons. The zero-order chi connectivity index (χ0) is 25.9. The second kappa shape index (κ2) is 18.2. The third-order valence-electron chi connectivity index (χ3n) is 5.72. The summed E-state index contributed by atoms with van der Waals surface area (Å²) in [5.74, 6) is -1.81. The molecule has 35 heavy (non-hydrogen) atoms. The molecule has 0 saturated heterocycles. The predicted octanol–water partition coefficient (Wildman–Crippen LogP) is 5.57. The van der Waals surface area contributed by atoms with Crippen LogP contribution in [0.15, 0.2) is 48.6 Å². The lowest BCUT2D eigenvalue weighted by Crippen LogP contribution is -2.44. The molecule has 0 saturated carbocycles. The Labute approximate surface area is 208 Å². The van der Waals surface area contributed by atoms with E-state index in [1.54, 1.807) is 12.1 Å². The highest BCUT2D eigenvalue weighted by Gasteiger charge is 2.27. The molecule has 0 aliphatic heterocycles. The van der Waals surface area contributed by atoms with Crippen LogP contribution in [0, 0.1) is 10.1 Å². The van der Waals surface area contributed by atoms with Gasteiger partial charge in [-0.15, -0.1) is 0 Å². The number of hydrogen-bond donors (Lipinski definition) is 3. The summed E-state index contributed by atoms with van der Waals surface area (Å²) in [6.07, 6.45) is 17.7. The minimum absolute atomic E-state index is 0.0205. The Balaban J connectivity index is 2.32. The van der Waals surface area contributed by atoms with Crippen LogP contribution in [0.5, 0.6) is 5.75 Å². The summed E-state index contributed by atoms with van der Waals surface area (Å²) in [6.45, 7) is 2.19. The van der Waals surface area contributed by atoms with Crippen molar-refractivity contribution in [2.75, 3.05) is 0 Å². The fraction of sp³-hybridized carbons (Fsp3) is 0.556. The van der Waals surface area contributed by atoms with E-state index in [0.717, 1.165) is 32.1 Å². The van der Waals surface area contributed by atoms with Gasteiger partial charge >= 0.3 is 5.97 Å². The maximum atomic E-state index is 12.3. The number of benzene rings is 1. The molecule has 1 amide bonds. The number of hydrogen-bond acceptors (Lipinski definition) is 5. The van der Waals surface area contributed by atoms with Gasteiger partial charge in [-0.3, -0.25) is 14.9 Å². The first-order valence-corrected chi connectivity index (χ1v) is 12.6. The van der Waals surface area contributed by atoms with Gasteiger partial charge < -0.3 is 15.5 Å². The molecule has 1 aromatic rings. The molecule has 1 unspecified atom stereocenters. The van der Waals surface area contributed by atoms with Gasteiger partial charge in [0, 0.05) is 17.8 Å². The Hall–Kier alpha value is -3.16. The Kier molecular flexibility index (Phi) is 15.5. The van der Waals surface area contributed by atoms with Crippen LogP contribution in [-0.2, 0) is 16.0 Å². The number of allylic oxidation sites excluding steroid dienone is 4. The number of amides is 1. The molecule has 8 nitrogen and oxygen atoms in total. The summed E-state index contributed by atoms with van der Waals surface area (Å²) in [7, 11) is 0. The second-order valence-corrected chi connectivity index (χ2v) is 8.78. The van der Waals surface area contributed by atoms with Crippen LogP contribution < -0.4 is 5.32 Å². The summed E-state index contributed by atoms with van der Waals surface area (Å²) in [5, 5.41) is 32.5. The Morgan fingerprint density at radius 1 is 1.00 bits per heavy atom. The molecule has 0 spiro atoms. The first kappa shape index (κ1) is 29.9. The van der Waals surface area contributed by atoms with E-state index in [2.05, 4.69) is 36.5 Å². The number of carbonyl (C=O) groups is 2. The van der Waals surface area contributed by atoms with Crippen molar-refractivity contribution in [3.8, 4) is 5.75 Å². The minimum Gasteiger partial charge on any atom is -0.508 e. The van der Waals surface area contributed by atoms with Gasteiger partial charge in [-0.1, -0.05) is 62.6 Å². The zero-order valence-electron chi connectivity index (χ0n) is 20.7. The average molecular weight is 489 g/mol. The molecule has 0 aliphatic rings. The van der Waals surface area contributed by atoms with Gasteiger partial charge in [0.1, 0.15) is 11.8 Å². The van der Waals surface area contributed by atoms with Crippen LogP contribution in [-0.4, -0.2) is 39.1 Å². The fourth-order valence-electron chi connectivity index (χ4n) is 3.65. The number of phenolic OH excluding ortho intramolecular Hbond substituents is 1. The van der Waals surface area contributed by atoms with Crippen LogP contribution in [0.25, 0.3) is 0 Å². The van der Waals surface area contributed by atoms with Crippen LogP contribution in [0.1, 0.15) is 83.1 Å². The van der Waals surface area contributed by atoms with Crippen molar-refractivity contribution < 1.29 is 24.7 Å². The first-order chi connectivity index (χ1) is 16.8. The third kappa shape index (κ3) is 14.7. The predicted molar refractivity (Wildman–Crippen MR) is 137 cm³/mol. The number of carboxylic acid groups (broad SMARTS) is 1. The van der Waals surface area contributed by atoms with Gasteiger partial charge in [-0.25, -0.2) is 4.79 Å². The number of phenols is 1. The first-order valence-electron chi connectivity index (χ1n) is 12.6. The largest absolute Gasteiger partial charge is 0.508 e. The monoisotopic (exact) mass is 488 g/mol. The zero-order valence-corrected chi connectivity index (χ0v) is 20.7. The van der Waals surface area contributed by atoms with E-state index in [1.807, 2.05) is 0 Å². The van der Waals surface area contributed by atoms with Crippen LogP contribution >= 0.6 is 0 Å². The SMILES string of the molecule is CCCCC/C=C\C/C=C\CCCCCC(CC(=O)N[C@@H](Cc1ccc(O)cc1)C(=O)O)[N+](=O)[O-]. The molecular weight excluding hydrogens is 448 g/mol. The molecule has 0 aliphatic carbocycles. The number of aromatic hydroxyl groups is 1. The molecule has 1 aromatic carbocycles. The molecule has 2 atom stereocenters. The third-order valence-corrected chi connectivity index (χ3v) is 5.72. The maximum absolute atomic E-state index is 12.3. The molecule has 0 aromatic heterocycles. The van der Waals surface area contributed by atoms with Crippen molar-refractivity contribution in [3.63, 3.8) is 0 Å². The number of rotatable bonds is 19. The van der Waals surface area contributed by atoms with Crippen molar-refractivity contribution >= 4 is 11.9 Å². The van der Waals surface area contributed by atoms with Crippen molar-refractivity contribution in [1.82, 2.24) is 5.32 Å². The van der Waals surface area contributed by atoms with Crippen molar-refractivity contribution in [1.29, 1.82) is 0 Å². The lowest BCUT2D eigenvalue weighted by Gasteiger charge is -2.16. The fourth-order valence-corrected chi connectivity index (χ4v) is 3.65. The number of nitrogens with one attached hydrogen (secondary N) is 1. The van der Waals surface area contributed by atoms with Crippen molar-refractivity contribution in [3.05, 3.63) is 64.2 Å². The number of carbonyl (C=O) groups excluding carboxylic acids is 1. The molecule has 0 fully saturated rings. The summed E-state index contributed by atoms with van der Waals surface area (Å²) in [5.41, 5.74) is 0.623. The molecular formula is C27H40N2O6. The van der Waals surface area contributed by atoms with E-state index >= 15 is 0 Å². The Morgan fingerprint density at radius 2 is 1.63 bits per heavy atom. The maximum Gasteiger partial charge on any atom is 0.326 e. The summed E-state index contributed by atoms with van der Waals surface area (Å²) >= 11 is 0. The van der Waals surface area contributed by atoms with Gasteiger partial charge in [-0.05, 0) is 56.2 Å². The van der Waals surface area contributed by atoms with Gasteiger partial charge in [0.25, 0.3) is 0 Å². The van der Waals surface area contributed by atoms with Crippen molar-refractivity contribution in [2.24, 2.45) is 0 Å². The van der Waals surface area contributed by atoms with Gasteiger partial charge in [0.2, 0.25) is 11.9 Å². The molecule has 0 heterocycles. The normalized spacial score (nSPS) is 13.2. The van der Waals surface area contributed by atoms with Gasteiger partial charge in [0.15, 0.2) is 0 Å². The lowest BCUT2D eigenvalue weighted by atomic mass is 10.0. The topological polar surface area (TPSA) is 130 Å². The standard InChI is InChI=1S/C27H40N2O6/c1-2-3-4-5-6-7-8-9-10-11-12-13-14-15-23(29(34)35)21-26(31)28-25(27(32)33)20-22-16-18-24(30)19-17-22/h6-7,9-10,16-19,23,25,30H,2-5,8,11-15,20-21H2,1H3,(H,28,31)(H,32,33)/b7-6-,10-9-/t23?,25-/m0/s1. The number of nitro groups is 1. The van der Waals surface area contributed by atoms with E-state index in [1.165, 1.54) is 31.4 Å². The van der Waals surface area contributed by atoms with Crippen LogP contribution in [0.3, 0.4) is 0 Å². The summed E-state index contributed by atoms with van der Waals surface area (Å²) in [4.78, 5) is 34.8. The highest BCUT2D eigenvalue weighted by atomic mass is 16.6. The number of aliphatic carboxylic acids is 1. The van der Waals surface area contributed by atoms with E-state index < -0.39 is 28.9 Å². The van der Waals surface area contributed by atoms with E-state index in [4.69, 9.17) is 0 Å². The number of carboxylic acids is 1.